The van der Waals surface area contributed by atoms with Gasteiger partial charge in [0, 0.05) is 16.6 Å². The fraction of sp³-hybridized carbons (Fsp3) is 0.333. The second-order valence-corrected chi connectivity index (χ2v) is 4.90. The lowest BCUT2D eigenvalue weighted by atomic mass is 10.1. The monoisotopic (exact) mass is 220 g/mol. The summed E-state index contributed by atoms with van der Waals surface area (Å²) in [4.78, 5) is 0. The van der Waals surface area contributed by atoms with Gasteiger partial charge in [-0.05, 0) is 24.1 Å². The first-order chi connectivity index (χ1) is 6.59. The van der Waals surface area contributed by atoms with Crippen molar-refractivity contribution in [1.82, 2.24) is 0 Å². The molecule has 1 nitrogen and oxygen atoms in total. The molecule has 1 heterocycles. The Balaban J connectivity index is 2.40. The highest BCUT2D eigenvalue weighted by Gasteiger charge is 2.29. The molecule has 0 aromatic heterocycles. The zero-order valence-corrected chi connectivity index (χ0v) is 7.91. The van der Waals surface area contributed by atoms with E-state index in [0.717, 1.165) is 12.1 Å². The Labute approximate surface area is 81.4 Å². The van der Waals surface area contributed by atoms with E-state index in [0.29, 0.717) is 12.2 Å². The smallest absolute Gasteiger partial charge is 0.194 e. The highest BCUT2D eigenvalue weighted by molar-refractivity contribution is 7.86. The first-order valence-electron chi connectivity index (χ1n) is 4.11. The van der Waals surface area contributed by atoms with Crippen molar-refractivity contribution in [3.05, 3.63) is 35.1 Å². The van der Waals surface area contributed by atoms with E-state index in [1.807, 2.05) is 0 Å². The van der Waals surface area contributed by atoms with Crippen molar-refractivity contribution in [2.24, 2.45) is 0 Å². The van der Waals surface area contributed by atoms with Gasteiger partial charge in [-0.3, -0.25) is 4.21 Å². The van der Waals surface area contributed by atoms with Crippen molar-refractivity contribution in [1.29, 1.82) is 0 Å². The fourth-order valence-corrected chi connectivity index (χ4v) is 2.51. The second-order valence-electron chi connectivity index (χ2n) is 3.16. The summed E-state index contributed by atoms with van der Waals surface area (Å²) in [5.41, 5.74) is 0.283. The average Bonchev–Trinajstić information content (AvgIpc) is 2.11. The molecule has 1 aromatic rings. The lowest BCUT2D eigenvalue weighted by molar-refractivity contribution is 0.444. The molecule has 2 atom stereocenters. The van der Waals surface area contributed by atoms with Gasteiger partial charge in [0.05, 0.1) is 5.25 Å². The minimum absolute atomic E-state index is 0.283. The van der Waals surface area contributed by atoms with E-state index in [1.165, 1.54) is 0 Å². The van der Waals surface area contributed by atoms with Gasteiger partial charge in [0.25, 0.3) is 0 Å². The number of rotatable bonds is 1. The summed E-state index contributed by atoms with van der Waals surface area (Å²) >= 11 is 0. The number of hydrogen-bond donors (Lipinski definition) is 0. The Morgan fingerprint density at radius 2 is 1.79 bits per heavy atom. The molecule has 2 rings (SSSR count). The van der Waals surface area contributed by atoms with Crippen LogP contribution in [0.4, 0.5) is 13.2 Å². The van der Waals surface area contributed by atoms with Crippen LogP contribution in [0.5, 0.6) is 0 Å². The molecule has 1 fully saturated rings. The standard InChI is InChI=1S/C9H7F3OS/c10-6-3-5(4-7(11)9(6)12)8-1-2-14(8)13/h3-4,8H,1-2H2. The summed E-state index contributed by atoms with van der Waals surface area (Å²) in [6, 6.07) is 1.83. The van der Waals surface area contributed by atoms with Crippen LogP contribution in [0.25, 0.3) is 0 Å². The third-order valence-corrected chi connectivity index (χ3v) is 4.06. The molecule has 1 aliphatic rings. The highest BCUT2D eigenvalue weighted by atomic mass is 32.2. The lowest BCUT2D eigenvalue weighted by Crippen LogP contribution is -2.23. The molecule has 0 amide bonds. The summed E-state index contributed by atoms with van der Waals surface area (Å²) < 4.78 is 49.2. The van der Waals surface area contributed by atoms with Gasteiger partial charge < -0.3 is 0 Å². The van der Waals surface area contributed by atoms with Crippen LogP contribution in [0.3, 0.4) is 0 Å². The van der Waals surface area contributed by atoms with Crippen molar-refractivity contribution in [3.8, 4) is 0 Å². The van der Waals surface area contributed by atoms with Gasteiger partial charge in [0.2, 0.25) is 0 Å². The van der Waals surface area contributed by atoms with Crippen LogP contribution in [0.1, 0.15) is 17.2 Å². The largest absolute Gasteiger partial charge is 0.259 e. The summed E-state index contributed by atoms with van der Waals surface area (Å²) in [5.74, 6) is -3.36. The first kappa shape index (κ1) is 9.71. The van der Waals surface area contributed by atoms with Crippen LogP contribution in [0.15, 0.2) is 12.1 Å². The third-order valence-electron chi connectivity index (χ3n) is 2.28. The quantitative estimate of drug-likeness (QED) is 0.664. The van der Waals surface area contributed by atoms with E-state index in [-0.39, 0.29) is 10.8 Å². The van der Waals surface area contributed by atoms with Crippen molar-refractivity contribution >= 4 is 10.8 Å². The number of halogens is 3. The molecule has 0 bridgehead atoms. The summed E-state index contributed by atoms with van der Waals surface area (Å²) in [7, 11) is -1.06. The predicted molar refractivity (Wildman–Crippen MR) is 46.7 cm³/mol. The molecule has 5 heteroatoms. The molecule has 0 N–H and O–H groups in total. The predicted octanol–water partition coefficient (Wildman–Crippen LogP) is 2.30. The van der Waals surface area contributed by atoms with Crippen LogP contribution in [0.2, 0.25) is 0 Å². The Kier molecular flexibility index (Phi) is 2.34. The van der Waals surface area contributed by atoms with Gasteiger partial charge in [0.15, 0.2) is 17.5 Å². The Morgan fingerprint density at radius 3 is 2.14 bits per heavy atom. The van der Waals surface area contributed by atoms with E-state index in [2.05, 4.69) is 0 Å². The van der Waals surface area contributed by atoms with Crippen molar-refractivity contribution in [2.75, 3.05) is 5.75 Å². The normalized spacial score (nSPS) is 25.9. The van der Waals surface area contributed by atoms with E-state index in [1.54, 1.807) is 0 Å². The molecule has 0 saturated carbocycles. The molecule has 0 aliphatic carbocycles. The number of hydrogen-bond acceptors (Lipinski definition) is 1. The van der Waals surface area contributed by atoms with E-state index >= 15 is 0 Å². The highest BCUT2D eigenvalue weighted by Crippen LogP contribution is 2.34. The molecule has 76 valence electrons. The average molecular weight is 220 g/mol. The molecular weight excluding hydrogens is 213 g/mol. The van der Waals surface area contributed by atoms with E-state index < -0.39 is 28.3 Å². The molecular formula is C9H7F3OS. The molecule has 1 aliphatic heterocycles. The van der Waals surface area contributed by atoms with Gasteiger partial charge in [-0.25, -0.2) is 13.2 Å². The van der Waals surface area contributed by atoms with Gasteiger partial charge in [-0.1, -0.05) is 0 Å². The van der Waals surface area contributed by atoms with Gasteiger partial charge in [-0.2, -0.15) is 0 Å². The molecule has 2 unspecified atom stereocenters. The SMILES string of the molecule is O=S1CCC1c1cc(F)c(F)c(F)c1. The third kappa shape index (κ3) is 1.45. The fourth-order valence-electron chi connectivity index (χ4n) is 1.41. The summed E-state index contributed by atoms with van der Waals surface area (Å²) in [6.07, 6.45) is 0.636. The van der Waals surface area contributed by atoms with Crippen LogP contribution in [0, 0.1) is 17.5 Å². The summed E-state index contributed by atoms with van der Waals surface area (Å²) in [6.45, 7) is 0. The zero-order valence-electron chi connectivity index (χ0n) is 7.10. The van der Waals surface area contributed by atoms with Crippen LogP contribution in [-0.2, 0) is 10.8 Å². The van der Waals surface area contributed by atoms with Gasteiger partial charge in [-0.15, -0.1) is 0 Å². The molecule has 14 heavy (non-hydrogen) atoms. The topological polar surface area (TPSA) is 17.1 Å². The Bertz CT molecular complexity index is 382. The lowest BCUT2D eigenvalue weighted by Gasteiger charge is -2.25. The molecule has 1 saturated heterocycles. The number of benzene rings is 1. The van der Waals surface area contributed by atoms with Crippen molar-refractivity contribution in [3.63, 3.8) is 0 Å². The molecule has 0 spiro atoms. The first-order valence-corrected chi connectivity index (χ1v) is 5.49. The van der Waals surface area contributed by atoms with Crippen molar-refractivity contribution in [2.45, 2.75) is 11.7 Å². The maximum Gasteiger partial charge on any atom is 0.194 e. The van der Waals surface area contributed by atoms with E-state index in [9.17, 15) is 17.4 Å². The van der Waals surface area contributed by atoms with Crippen molar-refractivity contribution < 1.29 is 17.4 Å². The second kappa shape index (κ2) is 3.38. The van der Waals surface area contributed by atoms with Crippen LogP contribution in [-0.4, -0.2) is 9.96 Å². The van der Waals surface area contributed by atoms with Crippen LogP contribution >= 0.6 is 0 Å². The summed E-state index contributed by atoms with van der Waals surface area (Å²) in [5, 5.41) is -0.334. The minimum atomic E-state index is -1.47. The van der Waals surface area contributed by atoms with Crippen LogP contribution < -0.4 is 0 Å². The maximum atomic E-state index is 12.8. The van der Waals surface area contributed by atoms with Gasteiger partial charge >= 0.3 is 0 Å². The minimum Gasteiger partial charge on any atom is -0.259 e. The molecule has 1 aromatic carbocycles. The van der Waals surface area contributed by atoms with E-state index in [4.69, 9.17) is 0 Å². The Hall–Kier alpha value is -0.840. The Morgan fingerprint density at radius 1 is 1.21 bits per heavy atom. The maximum absolute atomic E-state index is 12.8. The zero-order chi connectivity index (χ0) is 10.3. The molecule has 0 radical (unpaired) electrons. The van der Waals surface area contributed by atoms with Gasteiger partial charge in [0.1, 0.15) is 0 Å².